The lowest BCUT2D eigenvalue weighted by atomic mass is 10.1. The zero-order valence-electron chi connectivity index (χ0n) is 8.41. The highest BCUT2D eigenvalue weighted by Gasteiger charge is 2.51. The van der Waals surface area contributed by atoms with E-state index in [2.05, 4.69) is 5.32 Å². The summed E-state index contributed by atoms with van der Waals surface area (Å²) in [7, 11) is 0. The molecule has 0 radical (unpaired) electrons. The molecule has 1 heterocycles. The fourth-order valence-corrected chi connectivity index (χ4v) is 3.05. The van der Waals surface area contributed by atoms with Gasteiger partial charge in [-0.1, -0.05) is 6.42 Å². The van der Waals surface area contributed by atoms with Gasteiger partial charge >= 0.3 is 0 Å². The van der Waals surface area contributed by atoms with E-state index < -0.39 is 0 Å². The average molecular weight is 191 g/mol. The van der Waals surface area contributed by atoms with Crippen molar-refractivity contribution in [1.82, 2.24) is 5.32 Å². The lowest BCUT2D eigenvalue weighted by molar-refractivity contribution is 0.464. The number of fused-ring (bicyclic) bond motifs is 1. The smallest absolute Gasteiger partial charge is 0.117 e. The summed E-state index contributed by atoms with van der Waals surface area (Å²) in [6.07, 6.45) is 6.18. The maximum absolute atomic E-state index is 5.27. The summed E-state index contributed by atoms with van der Waals surface area (Å²) in [6.45, 7) is 2.08. The van der Waals surface area contributed by atoms with Crippen LogP contribution < -0.4 is 5.32 Å². The molecule has 0 spiro atoms. The van der Waals surface area contributed by atoms with Gasteiger partial charge in [0.1, 0.15) is 5.76 Å². The molecule has 2 atom stereocenters. The van der Waals surface area contributed by atoms with Gasteiger partial charge in [0.15, 0.2) is 0 Å². The number of furan rings is 1. The van der Waals surface area contributed by atoms with Crippen molar-refractivity contribution in [3.05, 3.63) is 24.2 Å². The average Bonchev–Trinajstić information content (AvgIpc) is 2.67. The zero-order valence-corrected chi connectivity index (χ0v) is 8.41. The third-order valence-electron chi connectivity index (χ3n) is 3.84. The van der Waals surface area contributed by atoms with E-state index in [0.717, 1.165) is 30.1 Å². The standard InChI is InChI=1S/C12H17NO/c1-4-10-11(5-1)12(10)8-13-7-9-3-2-6-14-9/h2-3,6,10-13H,1,4-5,7-8H2. The molecule has 0 aromatic carbocycles. The Morgan fingerprint density at radius 1 is 1.36 bits per heavy atom. The first-order valence-corrected chi connectivity index (χ1v) is 5.68. The van der Waals surface area contributed by atoms with Gasteiger partial charge in [-0.3, -0.25) is 0 Å². The van der Waals surface area contributed by atoms with Crippen molar-refractivity contribution in [2.75, 3.05) is 6.54 Å². The second-order valence-corrected chi connectivity index (χ2v) is 4.63. The van der Waals surface area contributed by atoms with Crippen molar-refractivity contribution in [3.63, 3.8) is 0 Å². The fourth-order valence-electron chi connectivity index (χ4n) is 3.05. The molecular formula is C12H17NO. The summed E-state index contributed by atoms with van der Waals surface area (Å²) in [5, 5.41) is 3.48. The van der Waals surface area contributed by atoms with Crippen molar-refractivity contribution in [2.45, 2.75) is 25.8 Å². The van der Waals surface area contributed by atoms with Gasteiger partial charge < -0.3 is 9.73 Å². The molecule has 0 bridgehead atoms. The molecule has 2 unspecified atom stereocenters. The minimum absolute atomic E-state index is 0.892. The van der Waals surface area contributed by atoms with Crippen molar-refractivity contribution >= 4 is 0 Å². The topological polar surface area (TPSA) is 25.2 Å². The second-order valence-electron chi connectivity index (χ2n) is 4.63. The van der Waals surface area contributed by atoms with Crippen LogP contribution in [-0.2, 0) is 6.54 Å². The van der Waals surface area contributed by atoms with Crippen LogP contribution in [0.3, 0.4) is 0 Å². The molecule has 1 aromatic rings. The quantitative estimate of drug-likeness (QED) is 0.790. The maximum atomic E-state index is 5.27. The highest BCUT2D eigenvalue weighted by atomic mass is 16.3. The summed E-state index contributed by atoms with van der Waals surface area (Å²) in [4.78, 5) is 0. The number of hydrogen-bond acceptors (Lipinski definition) is 2. The molecular weight excluding hydrogens is 174 g/mol. The number of hydrogen-bond donors (Lipinski definition) is 1. The van der Waals surface area contributed by atoms with E-state index in [1.54, 1.807) is 6.26 Å². The largest absolute Gasteiger partial charge is 0.468 e. The Morgan fingerprint density at radius 3 is 2.93 bits per heavy atom. The van der Waals surface area contributed by atoms with Crippen LogP contribution in [0.25, 0.3) is 0 Å². The van der Waals surface area contributed by atoms with Crippen LogP contribution >= 0.6 is 0 Å². The Kier molecular flexibility index (Phi) is 2.09. The molecule has 76 valence electrons. The van der Waals surface area contributed by atoms with Gasteiger partial charge in [0.25, 0.3) is 0 Å². The Hall–Kier alpha value is -0.760. The molecule has 2 fully saturated rings. The van der Waals surface area contributed by atoms with Gasteiger partial charge in [-0.05, 0) is 49.3 Å². The van der Waals surface area contributed by atoms with Crippen LogP contribution in [0.15, 0.2) is 22.8 Å². The Balaban J connectivity index is 1.40. The first-order chi connectivity index (χ1) is 6.95. The molecule has 1 aromatic heterocycles. The minimum Gasteiger partial charge on any atom is -0.468 e. The van der Waals surface area contributed by atoms with Crippen LogP contribution in [0, 0.1) is 17.8 Å². The number of nitrogens with one attached hydrogen (secondary N) is 1. The van der Waals surface area contributed by atoms with Gasteiger partial charge in [-0.2, -0.15) is 0 Å². The van der Waals surface area contributed by atoms with E-state index in [4.69, 9.17) is 4.42 Å². The monoisotopic (exact) mass is 191 g/mol. The van der Waals surface area contributed by atoms with E-state index >= 15 is 0 Å². The summed E-state index contributed by atoms with van der Waals surface area (Å²) in [5.41, 5.74) is 0. The molecule has 1 N–H and O–H groups in total. The molecule has 0 saturated heterocycles. The van der Waals surface area contributed by atoms with Crippen molar-refractivity contribution in [2.24, 2.45) is 17.8 Å². The van der Waals surface area contributed by atoms with Crippen molar-refractivity contribution < 1.29 is 4.42 Å². The summed E-state index contributed by atoms with van der Waals surface area (Å²) < 4.78 is 5.27. The third-order valence-corrected chi connectivity index (χ3v) is 3.84. The van der Waals surface area contributed by atoms with Crippen LogP contribution in [0.4, 0.5) is 0 Å². The third kappa shape index (κ3) is 1.48. The number of rotatable bonds is 4. The predicted octanol–water partition coefficient (Wildman–Crippen LogP) is 2.42. The lowest BCUT2D eigenvalue weighted by Crippen LogP contribution is -2.17. The summed E-state index contributed by atoms with van der Waals surface area (Å²) in [5.74, 6) is 4.17. The van der Waals surface area contributed by atoms with Crippen LogP contribution in [0.2, 0.25) is 0 Å². The summed E-state index contributed by atoms with van der Waals surface area (Å²) in [6, 6.07) is 3.98. The second kappa shape index (κ2) is 3.43. The first-order valence-electron chi connectivity index (χ1n) is 5.68. The lowest BCUT2D eigenvalue weighted by Gasteiger charge is -2.04. The normalized spacial score (nSPS) is 34.4. The highest BCUT2D eigenvalue weighted by Crippen LogP contribution is 2.56. The maximum Gasteiger partial charge on any atom is 0.117 e. The van der Waals surface area contributed by atoms with Crippen LogP contribution in [-0.4, -0.2) is 6.54 Å². The van der Waals surface area contributed by atoms with E-state index in [1.165, 1.54) is 25.8 Å². The molecule has 2 aliphatic rings. The minimum atomic E-state index is 0.892. The van der Waals surface area contributed by atoms with E-state index in [0.29, 0.717) is 0 Å². The Morgan fingerprint density at radius 2 is 2.21 bits per heavy atom. The van der Waals surface area contributed by atoms with Crippen molar-refractivity contribution in [1.29, 1.82) is 0 Å². The predicted molar refractivity (Wildman–Crippen MR) is 54.7 cm³/mol. The van der Waals surface area contributed by atoms with Gasteiger partial charge in [-0.25, -0.2) is 0 Å². The molecule has 14 heavy (non-hydrogen) atoms. The molecule has 2 nitrogen and oxygen atoms in total. The van der Waals surface area contributed by atoms with Crippen molar-refractivity contribution in [3.8, 4) is 0 Å². The van der Waals surface area contributed by atoms with Crippen LogP contribution in [0.1, 0.15) is 25.0 Å². The molecule has 0 amide bonds. The van der Waals surface area contributed by atoms with E-state index in [-0.39, 0.29) is 0 Å². The molecule has 0 aliphatic heterocycles. The Bertz CT molecular complexity index is 283. The fraction of sp³-hybridized carbons (Fsp3) is 0.667. The molecule has 2 aliphatic carbocycles. The molecule has 2 heteroatoms. The van der Waals surface area contributed by atoms with E-state index in [9.17, 15) is 0 Å². The van der Waals surface area contributed by atoms with Gasteiger partial charge in [0.2, 0.25) is 0 Å². The summed E-state index contributed by atoms with van der Waals surface area (Å²) >= 11 is 0. The zero-order chi connectivity index (χ0) is 9.38. The SMILES string of the molecule is c1coc(CNCC2C3CCCC32)c1. The Labute approximate surface area is 84.7 Å². The molecule has 3 rings (SSSR count). The van der Waals surface area contributed by atoms with Gasteiger partial charge in [0, 0.05) is 0 Å². The van der Waals surface area contributed by atoms with E-state index in [1.807, 2.05) is 12.1 Å². The highest BCUT2D eigenvalue weighted by molar-refractivity contribution is 5.03. The van der Waals surface area contributed by atoms with Crippen LogP contribution in [0.5, 0.6) is 0 Å². The van der Waals surface area contributed by atoms with Gasteiger partial charge in [-0.15, -0.1) is 0 Å². The molecule has 2 saturated carbocycles. The van der Waals surface area contributed by atoms with Gasteiger partial charge in [0.05, 0.1) is 12.8 Å². The first kappa shape index (κ1) is 8.54.